The fraction of sp³-hybridized carbons (Fsp3) is 0.500. The molecule has 126 valence electrons. The third-order valence-corrected chi connectivity index (χ3v) is 4.54. The van der Waals surface area contributed by atoms with Gasteiger partial charge >= 0.3 is 0 Å². The fourth-order valence-electron chi connectivity index (χ4n) is 3.29. The first-order chi connectivity index (χ1) is 10.5. The Hall–Kier alpha value is -1.53. The first-order valence-corrected chi connectivity index (χ1v) is 7.51. The van der Waals surface area contributed by atoms with Crippen molar-refractivity contribution < 1.29 is 18.4 Å². The molecule has 0 radical (unpaired) electrons. The van der Waals surface area contributed by atoms with Gasteiger partial charge in [0, 0.05) is 45.1 Å². The Kier molecular flexibility index (Phi) is 5.70. The number of halogens is 3. The molecule has 2 aliphatic rings. The van der Waals surface area contributed by atoms with Gasteiger partial charge in [-0.05, 0) is 24.0 Å². The molecule has 2 aliphatic heterocycles. The third kappa shape index (κ3) is 3.87. The normalized spacial score (nSPS) is 22.6. The largest absolute Gasteiger partial charge is 0.342 e. The first kappa shape index (κ1) is 17.8. The predicted molar refractivity (Wildman–Crippen MR) is 83.6 cm³/mol. The van der Waals surface area contributed by atoms with E-state index in [-0.39, 0.29) is 36.7 Å². The summed E-state index contributed by atoms with van der Waals surface area (Å²) in [4.78, 5) is 25.9. The van der Waals surface area contributed by atoms with Gasteiger partial charge in [-0.3, -0.25) is 9.59 Å². The molecular weight excluding hydrogens is 326 g/mol. The van der Waals surface area contributed by atoms with Crippen LogP contribution in [-0.4, -0.2) is 42.8 Å². The maximum absolute atomic E-state index is 13.5. The van der Waals surface area contributed by atoms with Crippen molar-refractivity contribution in [2.45, 2.75) is 12.8 Å². The molecule has 0 aliphatic carbocycles. The molecule has 7 heteroatoms. The number of hydrogen-bond acceptors (Lipinski definition) is 3. The van der Waals surface area contributed by atoms with Crippen LogP contribution in [0.4, 0.5) is 8.78 Å². The highest BCUT2D eigenvalue weighted by molar-refractivity contribution is 5.98. The standard InChI is InChI=1S/C16H18F2N2O2.ClH/c17-12-1-2-13(14(18)5-12)15(21)3-4-16(22)20-8-10-6-19-7-11(10)9-20;/h1-2,5,10-11,19H,3-4,6-9H2;1H/t10-,11+;. The van der Waals surface area contributed by atoms with Crippen LogP contribution in [0.3, 0.4) is 0 Å². The molecule has 23 heavy (non-hydrogen) atoms. The van der Waals surface area contributed by atoms with E-state index in [4.69, 9.17) is 0 Å². The number of carbonyl (C=O) groups is 2. The van der Waals surface area contributed by atoms with E-state index in [0.29, 0.717) is 17.9 Å². The smallest absolute Gasteiger partial charge is 0.223 e. The molecule has 2 atom stereocenters. The van der Waals surface area contributed by atoms with Crippen LogP contribution in [0.5, 0.6) is 0 Å². The maximum atomic E-state index is 13.5. The van der Waals surface area contributed by atoms with E-state index < -0.39 is 17.4 Å². The maximum Gasteiger partial charge on any atom is 0.223 e. The van der Waals surface area contributed by atoms with Crippen LogP contribution in [0, 0.1) is 23.5 Å². The summed E-state index contributed by atoms with van der Waals surface area (Å²) in [6.45, 7) is 3.34. The molecule has 1 N–H and O–H groups in total. The van der Waals surface area contributed by atoms with Crippen molar-refractivity contribution in [1.29, 1.82) is 0 Å². The van der Waals surface area contributed by atoms with Gasteiger partial charge in [-0.15, -0.1) is 12.4 Å². The molecule has 4 nitrogen and oxygen atoms in total. The molecule has 1 aromatic carbocycles. The van der Waals surface area contributed by atoms with Crippen LogP contribution in [0.1, 0.15) is 23.2 Å². The Labute approximate surface area is 139 Å². The van der Waals surface area contributed by atoms with Crippen molar-refractivity contribution in [3.8, 4) is 0 Å². The number of rotatable bonds is 4. The number of fused-ring (bicyclic) bond motifs is 1. The first-order valence-electron chi connectivity index (χ1n) is 7.51. The summed E-state index contributed by atoms with van der Waals surface area (Å²) in [5, 5.41) is 3.30. The quantitative estimate of drug-likeness (QED) is 0.850. The average molecular weight is 345 g/mol. The second kappa shape index (κ2) is 7.36. The van der Waals surface area contributed by atoms with E-state index in [0.717, 1.165) is 38.3 Å². The summed E-state index contributed by atoms with van der Waals surface area (Å²) in [6, 6.07) is 2.86. The number of amides is 1. The average Bonchev–Trinajstić information content (AvgIpc) is 3.05. The minimum Gasteiger partial charge on any atom is -0.342 e. The molecule has 0 saturated carbocycles. The van der Waals surface area contributed by atoms with E-state index in [1.54, 1.807) is 4.90 Å². The highest BCUT2D eigenvalue weighted by Gasteiger charge is 2.37. The molecule has 1 amide bonds. The number of benzene rings is 1. The highest BCUT2D eigenvalue weighted by atomic mass is 35.5. The van der Waals surface area contributed by atoms with Crippen molar-refractivity contribution in [2.75, 3.05) is 26.2 Å². The van der Waals surface area contributed by atoms with Crippen molar-refractivity contribution in [3.05, 3.63) is 35.4 Å². The highest BCUT2D eigenvalue weighted by Crippen LogP contribution is 2.27. The van der Waals surface area contributed by atoms with Crippen molar-refractivity contribution in [2.24, 2.45) is 11.8 Å². The van der Waals surface area contributed by atoms with Crippen LogP contribution in [0.2, 0.25) is 0 Å². The SMILES string of the molecule is Cl.O=C(CCC(=O)N1C[C@H]2CNC[C@H]2C1)c1ccc(F)cc1F. The van der Waals surface area contributed by atoms with Gasteiger partial charge in [0.2, 0.25) is 5.91 Å². The summed E-state index contributed by atoms with van der Waals surface area (Å²) in [5.74, 6) is -1.11. The lowest BCUT2D eigenvalue weighted by atomic mass is 10.0. The molecule has 0 aromatic heterocycles. The van der Waals surface area contributed by atoms with E-state index >= 15 is 0 Å². The summed E-state index contributed by atoms with van der Waals surface area (Å²) in [7, 11) is 0. The number of hydrogen-bond donors (Lipinski definition) is 1. The van der Waals surface area contributed by atoms with Gasteiger partial charge < -0.3 is 10.2 Å². The number of ketones is 1. The number of Topliss-reactive ketones (excluding diaryl/α,β-unsaturated/α-hetero) is 1. The number of likely N-dealkylation sites (tertiary alicyclic amines) is 1. The lowest BCUT2D eigenvalue weighted by molar-refractivity contribution is -0.130. The van der Waals surface area contributed by atoms with Gasteiger partial charge in [0.25, 0.3) is 0 Å². The molecule has 0 spiro atoms. The van der Waals surface area contributed by atoms with E-state index in [1.807, 2.05) is 0 Å². The zero-order valence-corrected chi connectivity index (χ0v) is 13.4. The Morgan fingerprint density at radius 3 is 2.39 bits per heavy atom. The summed E-state index contributed by atoms with van der Waals surface area (Å²) < 4.78 is 26.3. The molecule has 0 bridgehead atoms. The zero-order valence-electron chi connectivity index (χ0n) is 12.6. The topological polar surface area (TPSA) is 49.4 Å². The van der Waals surface area contributed by atoms with E-state index in [2.05, 4.69) is 5.32 Å². The molecule has 2 saturated heterocycles. The van der Waals surface area contributed by atoms with Crippen molar-refractivity contribution in [1.82, 2.24) is 10.2 Å². The number of nitrogens with one attached hydrogen (secondary N) is 1. The molecule has 0 unspecified atom stereocenters. The molecule has 2 heterocycles. The Bertz CT molecular complexity index is 600. The van der Waals surface area contributed by atoms with Crippen molar-refractivity contribution in [3.63, 3.8) is 0 Å². The van der Waals surface area contributed by atoms with Crippen molar-refractivity contribution >= 4 is 24.1 Å². The van der Waals surface area contributed by atoms with Crippen LogP contribution < -0.4 is 5.32 Å². The van der Waals surface area contributed by atoms with Crippen LogP contribution in [0.15, 0.2) is 18.2 Å². The Balaban J connectivity index is 0.00000192. The second-order valence-electron chi connectivity index (χ2n) is 6.02. The van der Waals surface area contributed by atoms with E-state index in [9.17, 15) is 18.4 Å². The molecule has 2 fully saturated rings. The van der Waals surface area contributed by atoms with Gasteiger partial charge in [0.05, 0.1) is 5.56 Å². The van der Waals surface area contributed by atoms with Gasteiger partial charge in [0.15, 0.2) is 5.78 Å². The van der Waals surface area contributed by atoms with Gasteiger partial charge in [-0.2, -0.15) is 0 Å². The summed E-state index contributed by atoms with van der Waals surface area (Å²) >= 11 is 0. The van der Waals surface area contributed by atoms with E-state index in [1.165, 1.54) is 0 Å². The number of nitrogens with zero attached hydrogens (tertiary/aromatic N) is 1. The monoisotopic (exact) mass is 344 g/mol. The lowest BCUT2D eigenvalue weighted by Gasteiger charge is -2.17. The fourth-order valence-corrected chi connectivity index (χ4v) is 3.29. The van der Waals surface area contributed by atoms with Gasteiger partial charge in [0.1, 0.15) is 11.6 Å². The minimum absolute atomic E-state index is 0. The minimum atomic E-state index is -0.876. The van der Waals surface area contributed by atoms with Gasteiger partial charge in [-0.1, -0.05) is 0 Å². The third-order valence-electron chi connectivity index (χ3n) is 4.54. The predicted octanol–water partition coefficient (Wildman–Crippen LogP) is 2.03. The Morgan fingerprint density at radius 1 is 1.13 bits per heavy atom. The Morgan fingerprint density at radius 2 is 1.78 bits per heavy atom. The molecule has 1 aromatic rings. The number of carbonyl (C=O) groups excluding carboxylic acids is 2. The summed E-state index contributed by atoms with van der Waals surface area (Å²) in [6.07, 6.45) is 0.0218. The second-order valence-corrected chi connectivity index (χ2v) is 6.02. The summed E-state index contributed by atoms with van der Waals surface area (Å²) in [5.41, 5.74) is -0.156. The van der Waals surface area contributed by atoms with Crippen LogP contribution in [-0.2, 0) is 4.79 Å². The molecular formula is C16H19ClF2N2O2. The van der Waals surface area contributed by atoms with Crippen LogP contribution in [0.25, 0.3) is 0 Å². The zero-order chi connectivity index (χ0) is 15.7. The van der Waals surface area contributed by atoms with Crippen LogP contribution >= 0.6 is 12.4 Å². The molecule has 3 rings (SSSR count). The van der Waals surface area contributed by atoms with Gasteiger partial charge in [-0.25, -0.2) is 8.78 Å². The lowest BCUT2D eigenvalue weighted by Crippen LogP contribution is -2.32.